The van der Waals surface area contributed by atoms with Gasteiger partial charge in [0.1, 0.15) is 10.1 Å². The van der Waals surface area contributed by atoms with Gasteiger partial charge in [0, 0.05) is 0 Å². The maximum atomic E-state index is 11.0. The Hall–Kier alpha value is 0.130. The summed E-state index contributed by atoms with van der Waals surface area (Å²) >= 11 is 0. The van der Waals surface area contributed by atoms with E-state index < -0.39 is 10.1 Å². The van der Waals surface area contributed by atoms with Gasteiger partial charge < -0.3 is 4.55 Å². The van der Waals surface area contributed by atoms with E-state index in [4.69, 9.17) is 0 Å². The SMILES string of the molecule is CCCCCCCCCCCCCCCCCCCCCCCCCCc1ccc(S(=O)(=O)[O-])cc1.[Na+]. The van der Waals surface area contributed by atoms with E-state index in [2.05, 4.69) is 6.92 Å². The number of hydrogen-bond donors (Lipinski definition) is 0. The fourth-order valence-corrected chi connectivity index (χ4v) is 5.58. The molecule has 0 fully saturated rings. The quantitative estimate of drug-likeness (QED) is 0.0688. The Morgan fingerprint density at radius 1 is 0.486 bits per heavy atom. The van der Waals surface area contributed by atoms with E-state index >= 15 is 0 Å². The van der Waals surface area contributed by atoms with Crippen molar-refractivity contribution < 1.29 is 42.5 Å². The fraction of sp³-hybridized carbons (Fsp3) is 0.812. The molecule has 0 unspecified atom stereocenters. The zero-order chi connectivity index (χ0) is 26.2. The number of unbranched alkanes of at least 4 members (excludes halogenated alkanes) is 23. The molecule has 1 aromatic carbocycles. The van der Waals surface area contributed by atoms with E-state index in [0.717, 1.165) is 18.4 Å². The van der Waals surface area contributed by atoms with Gasteiger partial charge in [-0.25, -0.2) is 8.42 Å². The molecule has 0 aliphatic rings. The predicted molar refractivity (Wildman–Crippen MR) is 155 cm³/mol. The van der Waals surface area contributed by atoms with E-state index in [1.54, 1.807) is 12.1 Å². The Kier molecular flexibility index (Phi) is 26.5. The second-order valence-corrected chi connectivity index (χ2v) is 12.4. The number of aryl methyl sites for hydroxylation is 1. The third kappa shape index (κ3) is 23.7. The average Bonchev–Trinajstić information content (AvgIpc) is 2.86. The Bertz CT molecular complexity index is 703. The maximum absolute atomic E-state index is 11.0. The molecule has 1 rings (SSSR count). The molecular weight excluding hydrogens is 487 g/mol. The first-order chi connectivity index (χ1) is 17.5. The fourth-order valence-electron chi connectivity index (χ4n) is 5.11. The minimum absolute atomic E-state index is 0. The Morgan fingerprint density at radius 3 is 1.03 bits per heavy atom. The number of hydrogen-bond acceptors (Lipinski definition) is 3. The number of rotatable bonds is 26. The molecule has 0 amide bonds. The summed E-state index contributed by atoms with van der Waals surface area (Å²) in [4.78, 5) is -0.133. The summed E-state index contributed by atoms with van der Waals surface area (Å²) in [6, 6.07) is 6.39. The van der Waals surface area contributed by atoms with Crippen LogP contribution in [0.3, 0.4) is 0 Å². The van der Waals surface area contributed by atoms with E-state index in [1.165, 1.54) is 160 Å². The minimum atomic E-state index is -4.33. The zero-order valence-electron chi connectivity index (χ0n) is 24.6. The van der Waals surface area contributed by atoms with Crippen LogP contribution in [0, 0.1) is 0 Å². The van der Waals surface area contributed by atoms with Gasteiger partial charge >= 0.3 is 29.6 Å². The van der Waals surface area contributed by atoms with E-state index in [-0.39, 0.29) is 34.5 Å². The van der Waals surface area contributed by atoms with Crippen LogP contribution >= 0.6 is 0 Å². The first-order valence-electron chi connectivity index (χ1n) is 15.6. The first-order valence-corrected chi connectivity index (χ1v) is 17.0. The second-order valence-electron chi connectivity index (χ2n) is 11.0. The van der Waals surface area contributed by atoms with Crippen LogP contribution in [0.25, 0.3) is 0 Å². The van der Waals surface area contributed by atoms with Gasteiger partial charge in [-0.15, -0.1) is 0 Å². The average molecular weight is 545 g/mol. The van der Waals surface area contributed by atoms with Crippen molar-refractivity contribution in [3.63, 3.8) is 0 Å². The molecule has 0 aliphatic heterocycles. The van der Waals surface area contributed by atoms with Crippen LogP contribution < -0.4 is 29.6 Å². The molecule has 0 atom stereocenters. The minimum Gasteiger partial charge on any atom is -0.744 e. The summed E-state index contributed by atoms with van der Waals surface area (Å²) in [7, 11) is -4.33. The van der Waals surface area contributed by atoms with Crippen LogP contribution in [0.4, 0.5) is 0 Å². The molecule has 5 heteroatoms. The molecule has 3 nitrogen and oxygen atoms in total. The Labute approximate surface area is 253 Å². The van der Waals surface area contributed by atoms with Gasteiger partial charge in [-0.1, -0.05) is 167 Å². The Balaban J connectivity index is 0.0000130. The van der Waals surface area contributed by atoms with Crippen molar-refractivity contribution in [3.05, 3.63) is 29.8 Å². The molecule has 0 heterocycles. The van der Waals surface area contributed by atoms with Gasteiger partial charge in [0.05, 0.1) is 4.90 Å². The predicted octanol–water partition coefficient (Wildman–Crippen LogP) is 7.52. The molecule has 1 aromatic rings. The van der Waals surface area contributed by atoms with Gasteiger partial charge in [0.25, 0.3) is 0 Å². The molecule has 0 spiro atoms. The summed E-state index contributed by atoms with van der Waals surface area (Å²) in [6.07, 6.45) is 34.5. The van der Waals surface area contributed by atoms with Crippen LogP contribution in [0.5, 0.6) is 0 Å². The smallest absolute Gasteiger partial charge is 0.744 e. The van der Waals surface area contributed by atoms with Gasteiger partial charge in [0.2, 0.25) is 0 Å². The van der Waals surface area contributed by atoms with Gasteiger partial charge in [0.15, 0.2) is 0 Å². The molecular formula is C32H57NaO3S. The maximum Gasteiger partial charge on any atom is 1.00 e. The first kappa shape index (κ1) is 37.1. The van der Waals surface area contributed by atoms with Crippen molar-refractivity contribution in [2.45, 2.75) is 172 Å². The van der Waals surface area contributed by atoms with E-state index in [0.29, 0.717) is 0 Å². The van der Waals surface area contributed by atoms with Crippen molar-refractivity contribution in [1.82, 2.24) is 0 Å². The van der Waals surface area contributed by atoms with Crippen LogP contribution in [0.2, 0.25) is 0 Å². The van der Waals surface area contributed by atoms with E-state index in [9.17, 15) is 13.0 Å². The third-order valence-electron chi connectivity index (χ3n) is 7.53. The summed E-state index contributed by atoms with van der Waals surface area (Å²) < 4.78 is 32.9. The van der Waals surface area contributed by atoms with Gasteiger partial charge in [-0.05, 0) is 30.5 Å². The summed E-state index contributed by atoms with van der Waals surface area (Å²) in [5, 5.41) is 0. The zero-order valence-corrected chi connectivity index (χ0v) is 27.4. The Morgan fingerprint density at radius 2 is 0.757 bits per heavy atom. The summed E-state index contributed by atoms with van der Waals surface area (Å²) in [5.41, 5.74) is 1.11. The summed E-state index contributed by atoms with van der Waals surface area (Å²) in [5.74, 6) is 0. The molecule has 0 aliphatic carbocycles. The largest absolute Gasteiger partial charge is 1.00 e. The molecule has 0 saturated heterocycles. The standard InChI is InChI=1S/C32H58O3S.Na/c1-2-3-4-5-6-7-8-9-10-11-12-13-14-15-16-17-18-19-20-21-22-23-24-25-26-31-27-29-32(30-28-31)36(33,34)35;/h27-30H,2-26H2,1H3,(H,33,34,35);/q;+1/p-1. The van der Waals surface area contributed by atoms with Crippen LogP contribution in [-0.4, -0.2) is 13.0 Å². The van der Waals surface area contributed by atoms with Crippen molar-refractivity contribution in [3.8, 4) is 0 Å². The van der Waals surface area contributed by atoms with Crippen molar-refractivity contribution in [2.24, 2.45) is 0 Å². The molecule has 0 radical (unpaired) electrons. The van der Waals surface area contributed by atoms with Crippen molar-refractivity contribution >= 4 is 10.1 Å². The van der Waals surface area contributed by atoms with Crippen LogP contribution in [0.1, 0.15) is 167 Å². The molecule has 37 heavy (non-hydrogen) atoms. The van der Waals surface area contributed by atoms with E-state index in [1.807, 2.05) is 0 Å². The van der Waals surface area contributed by atoms with Gasteiger partial charge in [-0.3, -0.25) is 0 Å². The molecule has 0 aromatic heterocycles. The van der Waals surface area contributed by atoms with Crippen molar-refractivity contribution in [1.29, 1.82) is 0 Å². The van der Waals surface area contributed by atoms with Gasteiger partial charge in [-0.2, -0.15) is 0 Å². The topological polar surface area (TPSA) is 57.2 Å². The van der Waals surface area contributed by atoms with Crippen LogP contribution in [0.15, 0.2) is 29.2 Å². The third-order valence-corrected chi connectivity index (χ3v) is 8.38. The van der Waals surface area contributed by atoms with Crippen LogP contribution in [-0.2, 0) is 16.5 Å². The monoisotopic (exact) mass is 544 g/mol. The molecule has 0 bridgehead atoms. The molecule has 0 saturated carbocycles. The molecule has 0 N–H and O–H groups in total. The number of benzene rings is 1. The normalized spacial score (nSPS) is 11.5. The summed E-state index contributed by atoms with van der Waals surface area (Å²) in [6.45, 7) is 2.29. The second kappa shape index (κ2) is 26.4. The van der Waals surface area contributed by atoms with Crippen molar-refractivity contribution in [2.75, 3.05) is 0 Å². The molecule has 210 valence electrons.